The first kappa shape index (κ1) is 18.9. The molecule has 8 heteroatoms. The molecule has 1 heterocycles. The zero-order chi connectivity index (χ0) is 18.4. The van der Waals surface area contributed by atoms with Gasteiger partial charge < -0.3 is 5.32 Å². The van der Waals surface area contributed by atoms with Gasteiger partial charge >= 0.3 is 0 Å². The van der Waals surface area contributed by atoms with E-state index in [4.69, 9.17) is 0 Å². The average molecular weight is 347 g/mol. The van der Waals surface area contributed by atoms with Crippen molar-refractivity contribution in [3.05, 3.63) is 35.9 Å². The summed E-state index contributed by atoms with van der Waals surface area (Å²) in [5.74, 6) is -1.07. The molecule has 0 saturated carbocycles. The van der Waals surface area contributed by atoms with Crippen molar-refractivity contribution in [1.82, 2.24) is 27.0 Å². The van der Waals surface area contributed by atoms with Crippen LogP contribution >= 0.6 is 0 Å². The molecule has 0 aliphatic carbocycles. The molecule has 136 valence electrons. The van der Waals surface area contributed by atoms with Crippen molar-refractivity contribution in [3.63, 3.8) is 0 Å². The fourth-order valence-corrected chi connectivity index (χ4v) is 2.32. The van der Waals surface area contributed by atoms with Gasteiger partial charge in [0.1, 0.15) is 6.04 Å². The largest absolute Gasteiger partial charge is 0.347 e. The highest BCUT2D eigenvalue weighted by Crippen LogP contribution is 2.21. The molecule has 2 unspecified atom stereocenters. The van der Waals surface area contributed by atoms with Crippen LogP contribution < -0.4 is 27.0 Å². The summed E-state index contributed by atoms with van der Waals surface area (Å²) in [4.78, 5) is 35.5. The van der Waals surface area contributed by atoms with E-state index in [1.54, 1.807) is 20.8 Å². The highest BCUT2D eigenvalue weighted by molar-refractivity contribution is 5.89. The molecule has 2 atom stereocenters. The van der Waals surface area contributed by atoms with E-state index in [0.29, 0.717) is 6.42 Å². The summed E-state index contributed by atoms with van der Waals surface area (Å²) >= 11 is 0. The maximum absolute atomic E-state index is 12.1. The van der Waals surface area contributed by atoms with Crippen molar-refractivity contribution in [1.29, 1.82) is 0 Å². The predicted octanol–water partition coefficient (Wildman–Crippen LogP) is -0.0961. The number of hydrogen-bond donors (Lipinski definition) is 5. The second-order valence-electron chi connectivity index (χ2n) is 7.01. The Morgan fingerprint density at radius 1 is 1.08 bits per heavy atom. The van der Waals surface area contributed by atoms with Crippen LogP contribution in [0, 0.1) is 5.41 Å². The summed E-state index contributed by atoms with van der Waals surface area (Å²) in [6, 6.07) is 9.35. The molecule has 25 heavy (non-hydrogen) atoms. The summed E-state index contributed by atoms with van der Waals surface area (Å²) in [7, 11) is 0. The van der Waals surface area contributed by atoms with Crippen LogP contribution in [0.1, 0.15) is 38.8 Å². The Kier molecular flexibility index (Phi) is 6.11. The van der Waals surface area contributed by atoms with Gasteiger partial charge in [0.15, 0.2) is 0 Å². The third kappa shape index (κ3) is 5.54. The third-order valence-electron chi connectivity index (χ3n) is 3.84. The van der Waals surface area contributed by atoms with Crippen LogP contribution in [0.2, 0.25) is 0 Å². The average Bonchev–Trinajstić information content (AvgIpc) is 3.07. The number of rotatable bonds is 4. The first-order chi connectivity index (χ1) is 11.8. The van der Waals surface area contributed by atoms with Gasteiger partial charge in [-0.3, -0.25) is 25.2 Å². The Morgan fingerprint density at radius 2 is 1.76 bits per heavy atom. The maximum Gasteiger partial charge on any atom is 0.257 e. The highest BCUT2D eigenvalue weighted by atomic mass is 16.2. The molecule has 1 fully saturated rings. The Bertz CT molecular complexity index is 627. The van der Waals surface area contributed by atoms with Crippen LogP contribution in [0.5, 0.6) is 0 Å². The molecule has 3 amide bonds. The number of carbonyl (C=O) groups is 3. The summed E-state index contributed by atoms with van der Waals surface area (Å²) < 4.78 is 0. The molecule has 8 nitrogen and oxygen atoms in total. The first-order valence-corrected chi connectivity index (χ1v) is 8.20. The molecule has 1 aliphatic rings. The maximum atomic E-state index is 12.1. The fourth-order valence-electron chi connectivity index (χ4n) is 2.32. The molecule has 2 rings (SSSR count). The summed E-state index contributed by atoms with van der Waals surface area (Å²) in [5.41, 5.74) is 11.2. The summed E-state index contributed by atoms with van der Waals surface area (Å²) in [6.45, 7) is 5.07. The second kappa shape index (κ2) is 8.09. The lowest BCUT2D eigenvalue weighted by atomic mass is 9.96. The number of carbonyl (C=O) groups excluding carboxylic acids is 3. The van der Waals surface area contributed by atoms with Crippen LogP contribution in [0.3, 0.4) is 0 Å². The monoisotopic (exact) mass is 347 g/mol. The standard InChI is InChI=1S/C17H25N5O3/c1-17(2,3)16(25)18-10-14(23)21-22-15(24)13-9-12(19-20-13)11-7-5-4-6-8-11/h4-8,12-13,19-20H,9-10H2,1-3H3,(H,18,25)(H,21,23)(H,22,24). The van der Waals surface area contributed by atoms with Gasteiger partial charge in [-0.25, -0.2) is 10.9 Å². The van der Waals surface area contributed by atoms with Gasteiger partial charge in [-0.15, -0.1) is 0 Å². The highest BCUT2D eigenvalue weighted by Gasteiger charge is 2.30. The van der Waals surface area contributed by atoms with E-state index >= 15 is 0 Å². The molecule has 0 aromatic heterocycles. The molecule has 1 aliphatic heterocycles. The minimum Gasteiger partial charge on any atom is -0.347 e. The summed E-state index contributed by atoms with van der Waals surface area (Å²) in [6.07, 6.45) is 0.562. The predicted molar refractivity (Wildman–Crippen MR) is 92.6 cm³/mol. The molecule has 0 bridgehead atoms. The third-order valence-corrected chi connectivity index (χ3v) is 3.84. The number of hydrazine groups is 2. The minimum absolute atomic E-state index is 0.0266. The topological polar surface area (TPSA) is 111 Å². The van der Waals surface area contributed by atoms with Gasteiger partial charge in [-0.1, -0.05) is 51.1 Å². The van der Waals surface area contributed by atoms with Gasteiger partial charge in [0.25, 0.3) is 11.8 Å². The van der Waals surface area contributed by atoms with Gasteiger partial charge in [-0.05, 0) is 12.0 Å². The second-order valence-corrected chi connectivity index (χ2v) is 7.01. The van der Waals surface area contributed by atoms with E-state index in [1.165, 1.54) is 0 Å². The van der Waals surface area contributed by atoms with Crippen molar-refractivity contribution in [2.75, 3.05) is 6.54 Å². The van der Waals surface area contributed by atoms with Gasteiger partial charge in [0.05, 0.1) is 6.54 Å². The molecule has 0 spiro atoms. The van der Waals surface area contributed by atoms with Gasteiger partial charge in [0.2, 0.25) is 5.91 Å². The Morgan fingerprint density at radius 3 is 2.40 bits per heavy atom. The van der Waals surface area contributed by atoms with Crippen molar-refractivity contribution in [2.45, 2.75) is 39.3 Å². The number of benzene rings is 1. The lowest BCUT2D eigenvalue weighted by molar-refractivity contribution is -0.132. The lowest BCUT2D eigenvalue weighted by Gasteiger charge is -2.17. The molecular weight excluding hydrogens is 322 g/mol. The van der Waals surface area contributed by atoms with Crippen LogP contribution in [0.25, 0.3) is 0 Å². The van der Waals surface area contributed by atoms with Gasteiger partial charge in [-0.2, -0.15) is 0 Å². The Hall–Kier alpha value is -2.45. The van der Waals surface area contributed by atoms with Crippen molar-refractivity contribution in [3.8, 4) is 0 Å². The summed E-state index contributed by atoms with van der Waals surface area (Å²) in [5, 5.41) is 2.51. The van der Waals surface area contributed by atoms with E-state index in [2.05, 4.69) is 27.0 Å². The SMILES string of the molecule is CC(C)(C)C(=O)NCC(=O)NNC(=O)C1CC(c2ccccc2)NN1. The van der Waals surface area contributed by atoms with E-state index < -0.39 is 17.4 Å². The first-order valence-electron chi connectivity index (χ1n) is 8.20. The molecule has 1 aromatic carbocycles. The Labute approximate surface area is 147 Å². The van der Waals surface area contributed by atoms with Gasteiger partial charge in [0, 0.05) is 11.5 Å². The zero-order valence-corrected chi connectivity index (χ0v) is 14.7. The van der Waals surface area contributed by atoms with Crippen LogP contribution in [0.15, 0.2) is 30.3 Å². The number of amides is 3. The molecule has 1 aromatic rings. The number of hydrogen-bond acceptors (Lipinski definition) is 5. The Balaban J connectivity index is 1.72. The quantitative estimate of drug-likeness (QED) is 0.489. The number of nitrogens with one attached hydrogen (secondary N) is 5. The van der Waals surface area contributed by atoms with E-state index in [-0.39, 0.29) is 24.4 Å². The minimum atomic E-state index is -0.574. The molecular formula is C17H25N5O3. The van der Waals surface area contributed by atoms with Crippen molar-refractivity contribution in [2.24, 2.45) is 5.41 Å². The van der Waals surface area contributed by atoms with Crippen LogP contribution in [-0.4, -0.2) is 30.3 Å². The van der Waals surface area contributed by atoms with Crippen molar-refractivity contribution >= 4 is 17.7 Å². The van der Waals surface area contributed by atoms with Crippen LogP contribution in [-0.2, 0) is 14.4 Å². The fraction of sp³-hybridized carbons (Fsp3) is 0.471. The van der Waals surface area contributed by atoms with Crippen LogP contribution in [0.4, 0.5) is 0 Å². The van der Waals surface area contributed by atoms with E-state index in [9.17, 15) is 14.4 Å². The smallest absolute Gasteiger partial charge is 0.257 e. The molecule has 1 saturated heterocycles. The van der Waals surface area contributed by atoms with Crippen molar-refractivity contribution < 1.29 is 14.4 Å². The molecule has 5 N–H and O–H groups in total. The van der Waals surface area contributed by atoms with E-state index in [0.717, 1.165) is 5.56 Å². The lowest BCUT2D eigenvalue weighted by Crippen LogP contribution is -2.52. The molecule has 0 radical (unpaired) electrons. The normalized spacial score (nSPS) is 20.0. The van der Waals surface area contributed by atoms with E-state index in [1.807, 2.05) is 30.3 Å². The zero-order valence-electron chi connectivity index (χ0n) is 14.7.